The molecule has 10 nitrogen and oxygen atoms in total. The molecular weight excluding hydrogens is 364 g/mol. The van der Waals surface area contributed by atoms with Crippen molar-refractivity contribution in [2.45, 2.75) is 51.4 Å². The van der Waals surface area contributed by atoms with Crippen LogP contribution in [0.2, 0.25) is 0 Å². The first-order valence-corrected chi connectivity index (χ1v) is 8.77. The Kier molecular flexibility index (Phi) is 10.9. The third kappa shape index (κ3) is 8.50. The normalized spacial score (nSPS) is 15.5. The average Bonchev–Trinajstić information content (AvgIpc) is 2.55. The van der Waals surface area contributed by atoms with E-state index in [1.807, 2.05) is 13.8 Å². The fraction of sp³-hybridized carbons (Fsp3) is 0.733. The van der Waals surface area contributed by atoms with Crippen LogP contribution in [0.15, 0.2) is 0 Å². The first kappa shape index (κ1) is 24.1. The van der Waals surface area contributed by atoms with E-state index >= 15 is 0 Å². The molecule has 11 heteroatoms. The topological polar surface area (TPSA) is 171 Å². The van der Waals surface area contributed by atoms with Crippen molar-refractivity contribution in [1.82, 2.24) is 16.0 Å². The number of carbonyl (C=O) groups excluding carboxylic acids is 3. The van der Waals surface area contributed by atoms with Crippen LogP contribution in [-0.4, -0.2) is 70.4 Å². The molecule has 4 unspecified atom stereocenters. The number of carboxylic acid groups (broad SMARTS) is 1. The van der Waals surface area contributed by atoms with E-state index in [1.54, 1.807) is 0 Å². The number of aliphatic hydroxyl groups excluding tert-OH is 1. The summed E-state index contributed by atoms with van der Waals surface area (Å²) in [4.78, 5) is 46.9. The fourth-order valence-corrected chi connectivity index (χ4v) is 2.21. The molecule has 3 amide bonds. The third-order valence-corrected chi connectivity index (χ3v) is 3.79. The number of nitrogens with two attached hydrogens (primary N) is 1. The maximum absolute atomic E-state index is 12.2. The summed E-state index contributed by atoms with van der Waals surface area (Å²) in [5.74, 6) is -3.18. The minimum atomic E-state index is -1.48. The molecule has 0 aromatic carbocycles. The Morgan fingerprint density at radius 1 is 0.962 bits per heavy atom. The third-order valence-electron chi connectivity index (χ3n) is 3.43. The number of hydrogen-bond donors (Lipinski definition) is 7. The summed E-state index contributed by atoms with van der Waals surface area (Å²) >= 11 is 4.01. The Balaban J connectivity index is 4.71. The number of carbonyl (C=O) groups is 4. The van der Waals surface area contributed by atoms with E-state index in [4.69, 9.17) is 15.9 Å². The maximum atomic E-state index is 12.2. The Morgan fingerprint density at radius 2 is 1.50 bits per heavy atom. The van der Waals surface area contributed by atoms with E-state index in [0.29, 0.717) is 6.42 Å². The zero-order valence-electron chi connectivity index (χ0n) is 15.1. The van der Waals surface area contributed by atoms with Crippen molar-refractivity contribution in [3.05, 3.63) is 0 Å². The number of aliphatic hydroxyl groups is 1. The highest BCUT2D eigenvalue weighted by atomic mass is 32.1. The van der Waals surface area contributed by atoms with Gasteiger partial charge in [-0.3, -0.25) is 14.4 Å². The van der Waals surface area contributed by atoms with Gasteiger partial charge in [0.05, 0.1) is 12.6 Å². The molecule has 0 saturated heterocycles. The van der Waals surface area contributed by atoms with Crippen LogP contribution in [0.1, 0.15) is 27.2 Å². The summed E-state index contributed by atoms with van der Waals surface area (Å²) in [6.45, 7) is 4.37. The lowest BCUT2D eigenvalue weighted by atomic mass is 10.0. The van der Waals surface area contributed by atoms with E-state index in [-0.39, 0.29) is 11.7 Å². The van der Waals surface area contributed by atoms with Crippen molar-refractivity contribution in [2.75, 3.05) is 12.4 Å². The lowest BCUT2D eigenvalue weighted by Gasteiger charge is -2.22. The van der Waals surface area contributed by atoms with Gasteiger partial charge in [0.2, 0.25) is 17.7 Å². The van der Waals surface area contributed by atoms with Gasteiger partial charge in [-0.2, -0.15) is 12.6 Å². The molecule has 150 valence electrons. The summed E-state index contributed by atoms with van der Waals surface area (Å²) < 4.78 is 0. The molecule has 0 aliphatic rings. The van der Waals surface area contributed by atoms with Gasteiger partial charge in [-0.15, -0.1) is 0 Å². The second kappa shape index (κ2) is 11.7. The molecule has 0 radical (unpaired) electrons. The summed E-state index contributed by atoms with van der Waals surface area (Å²) in [6, 6.07) is -4.34. The molecule has 0 aliphatic carbocycles. The Bertz CT molecular complexity index is 516. The second-order valence-corrected chi connectivity index (χ2v) is 6.66. The summed E-state index contributed by atoms with van der Waals surface area (Å²) in [5, 5.41) is 24.6. The first-order valence-electron chi connectivity index (χ1n) is 8.14. The molecule has 0 saturated carbocycles. The largest absolute Gasteiger partial charge is 0.480 e. The Morgan fingerprint density at radius 3 is 1.92 bits per heavy atom. The summed E-state index contributed by atoms with van der Waals surface area (Å²) in [7, 11) is 0. The monoisotopic (exact) mass is 392 g/mol. The predicted molar refractivity (Wildman–Crippen MR) is 97.5 cm³/mol. The zero-order chi connectivity index (χ0) is 20.4. The number of hydrogen-bond acceptors (Lipinski definition) is 7. The quantitative estimate of drug-likeness (QED) is 0.196. The maximum Gasteiger partial charge on any atom is 0.328 e. The van der Waals surface area contributed by atoms with Gasteiger partial charge in [-0.1, -0.05) is 13.8 Å². The minimum absolute atomic E-state index is 0.0191. The Labute approximate surface area is 157 Å². The molecular formula is C15H28N4O6S. The Hall–Kier alpha value is -1.85. The predicted octanol–water partition coefficient (Wildman–Crippen LogP) is -2.16. The SMILES string of the molecule is CC(C)CC(N)C(=O)NC(CS)C(=O)NC(C)C(=O)NC(CO)C(=O)O. The van der Waals surface area contributed by atoms with Crippen LogP contribution >= 0.6 is 12.6 Å². The highest BCUT2D eigenvalue weighted by molar-refractivity contribution is 7.80. The molecule has 0 aromatic heterocycles. The van der Waals surface area contributed by atoms with Crippen LogP contribution < -0.4 is 21.7 Å². The lowest BCUT2D eigenvalue weighted by Crippen LogP contribution is -2.57. The van der Waals surface area contributed by atoms with Gasteiger partial charge in [0.25, 0.3) is 0 Å². The van der Waals surface area contributed by atoms with Gasteiger partial charge in [-0.05, 0) is 19.3 Å². The number of nitrogens with one attached hydrogen (secondary N) is 3. The van der Waals surface area contributed by atoms with Crippen molar-refractivity contribution in [1.29, 1.82) is 0 Å². The average molecular weight is 392 g/mol. The van der Waals surface area contributed by atoms with Crippen LogP contribution in [0.3, 0.4) is 0 Å². The minimum Gasteiger partial charge on any atom is -0.480 e. The second-order valence-electron chi connectivity index (χ2n) is 6.29. The molecule has 0 aliphatic heterocycles. The van der Waals surface area contributed by atoms with Crippen molar-refractivity contribution >= 4 is 36.3 Å². The van der Waals surface area contributed by atoms with Gasteiger partial charge in [0, 0.05) is 5.75 Å². The van der Waals surface area contributed by atoms with Crippen LogP contribution in [0, 0.1) is 5.92 Å². The van der Waals surface area contributed by atoms with Crippen LogP contribution in [0.4, 0.5) is 0 Å². The van der Waals surface area contributed by atoms with E-state index in [0.717, 1.165) is 0 Å². The molecule has 0 aromatic rings. The highest BCUT2D eigenvalue weighted by Crippen LogP contribution is 2.03. The van der Waals surface area contributed by atoms with Crippen LogP contribution in [-0.2, 0) is 19.2 Å². The molecule has 7 N–H and O–H groups in total. The number of carboxylic acids is 1. The lowest BCUT2D eigenvalue weighted by molar-refractivity contribution is -0.143. The number of thiol groups is 1. The van der Waals surface area contributed by atoms with E-state index < -0.39 is 54.5 Å². The molecule has 4 atom stereocenters. The fourth-order valence-electron chi connectivity index (χ4n) is 1.95. The van der Waals surface area contributed by atoms with Gasteiger partial charge in [0.15, 0.2) is 0 Å². The van der Waals surface area contributed by atoms with Gasteiger partial charge in [0.1, 0.15) is 18.1 Å². The first-order chi connectivity index (χ1) is 12.0. The van der Waals surface area contributed by atoms with Gasteiger partial charge < -0.3 is 31.9 Å². The van der Waals surface area contributed by atoms with Crippen LogP contribution in [0.25, 0.3) is 0 Å². The van der Waals surface area contributed by atoms with Gasteiger partial charge in [-0.25, -0.2) is 4.79 Å². The highest BCUT2D eigenvalue weighted by Gasteiger charge is 2.27. The number of rotatable bonds is 11. The van der Waals surface area contributed by atoms with Crippen molar-refractivity contribution in [2.24, 2.45) is 11.7 Å². The molecule has 0 rings (SSSR count). The van der Waals surface area contributed by atoms with Crippen molar-refractivity contribution in [3.8, 4) is 0 Å². The van der Waals surface area contributed by atoms with Gasteiger partial charge >= 0.3 is 5.97 Å². The number of aliphatic carboxylic acids is 1. The molecule has 0 bridgehead atoms. The molecule has 0 spiro atoms. The van der Waals surface area contributed by atoms with E-state index in [2.05, 4.69) is 28.6 Å². The molecule has 26 heavy (non-hydrogen) atoms. The summed E-state index contributed by atoms with van der Waals surface area (Å²) in [6.07, 6.45) is 0.448. The smallest absolute Gasteiger partial charge is 0.328 e. The standard InChI is InChI=1S/C15H28N4O6S/c1-7(2)4-9(16)13(22)19-11(6-26)14(23)17-8(3)12(21)18-10(5-20)15(24)25/h7-11,20,26H,4-6,16H2,1-3H3,(H,17,23)(H,18,21)(H,19,22)(H,24,25). The zero-order valence-corrected chi connectivity index (χ0v) is 16.0. The van der Waals surface area contributed by atoms with Crippen molar-refractivity contribution < 1.29 is 29.4 Å². The molecule has 0 heterocycles. The van der Waals surface area contributed by atoms with Crippen LogP contribution in [0.5, 0.6) is 0 Å². The van der Waals surface area contributed by atoms with Crippen molar-refractivity contribution in [3.63, 3.8) is 0 Å². The number of amides is 3. The van der Waals surface area contributed by atoms with E-state index in [1.165, 1.54) is 6.92 Å². The molecule has 0 fully saturated rings. The van der Waals surface area contributed by atoms with E-state index in [9.17, 15) is 19.2 Å². The summed E-state index contributed by atoms with van der Waals surface area (Å²) in [5.41, 5.74) is 5.76.